The number of aryl methyl sites for hydroxylation is 2. The van der Waals surface area contributed by atoms with E-state index in [4.69, 9.17) is 0 Å². The molecule has 1 aromatic carbocycles. The summed E-state index contributed by atoms with van der Waals surface area (Å²) in [6, 6.07) is 10.7. The molecule has 0 radical (unpaired) electrons. The van der Waals surface area contributed by atoms with Gasteiger partial charge in [-0.25, -0.2) is 0 Å². The van der Waals surface area contributed by atoms with Gasteiger partial charge in [0.2, 0.25) is 0 Å². The van der Waals surface area contributed by atoms with Crippen LogP contribution in [0.4, 0.5) is 0 Å². The summed E-state index contributed by atoms with van der Waals surface area (Å²) in [5.74, 6) is 0.537. The van der Waals surface area contributed by atoms with Crippen molar-refractivity contribution in [1.82, 2.24) is 5.32 Å². The van der Waals surface area contributed by atoms with Crippen molar-refractivity contribution in [3.05, 3.63) is 51.2 Å². The van der Waals surface area contributed by atoms with Crippen molar-refractivity contribution >= 4 is 22.1 Å². The van der Waals surface area contributed by atoms with Crippen molar-refractivity contribution in [3.63, 3.8) is 0 Å². The van der Waals surface area contributed by atoms with E-state index in [2.05, 4.69) is 51.2 Å². The third-order valence-corrected chi connectivity index (χ3v) is 5.78. The molecular formula is C18H25NOS2. The summed E-state index contributed by atoms with van der Waals surface area (Å²) in [5, 5.41) is 3.69. The summed E-state index contributed by atoms with van der Waals surface area (Å²) in [4.78, 5) is 3.66. The van der Waals surface area contributed by atoms with E-state index in [1.807, 2.05) is 23.5 Å². The predicted molar refractivity (Wildman–Crippen MR) is 97.0 cm³/mol. The molecule has 1 N–H and O–H groups in total. The second-order valence-corrected chi connectivity index (χ2v) is 8.91. The van der Waals surface area contributed by atoms with Crippen molar-refractivity contribution in [1.29, 1.82) is 0 Å². The van der Waals surface area contributed by atoms with E-state index in [0.717, 1.165) is 11.4 Å². The van der Waals surface area contributed by atoms with Crippen LogP contribution in [0.1, 0.15) is 40.8 Å². The lowest BCUT2D eigenvalue weighted by Gasteiger charge is -2.23. The van der Waals surface area contributed by atoms with Crippen LogP contribution in [0.25, 0.3) is 0 Å². The molecule has 0 aliphatic heterocycles. The minimum absolute atomic E-state index is 0.366. The topological polar surface area (TPSA) is 29.1 Å². The average Bonchev–Trinajstić information content (AvgIpc) is 2.78. The van der Waals surface area contributed by atoms with Gasteiger partial charge in [0, 0.05) is 44.3 Å². The highest BCUT2D eigenvalue weighted by atomic mass is 32.2. The zero-order chi connectivity index (χ0) is 16.3. The molecular weight excluding hydrogens is 310 g/mol. The van der Waals surface area contributed by atoms with Gasteiger partial charge in [0.1, 0.15) is 0 Å². The number of hydrogen-bond donors (Lipinski definition) is 1. The first kappa shape index (κ1) is 17.4. The van der Waals surface area contributed by atoms with Crippen LogP contribution < -0.4 is 5.32 Å². The fourth-order valence-electron chi connectivity index (χ4n) is 2.69. The highest BCUT2D eigenvalue weighted by Gasteiger charge is 2.19. The van der Waals surface area contributed by atoms with Crippen molar-refractivity contribution < 1.29 is 4.21 Å². The highest BCUT2D eigenvalue weighted by Crippen LogP contribution is 2.30. The number of hydrogen-bond acceptors (Lipinski definition) is 3. The quantitative estimate of drug-likeness (QED) is 0.836. The third kappa shape index (κ3) is 4.28. The maximum absolute atomic E-state index is 11.4. The van der Waals surface area contributed by atoms with Gasteiger partial charge in [-0.1, -0.05) is 26.0 Å². The van der Waals surface area contributed by atoms with Gasteiger partial charge < -0.3 is 5.32 Å². The van der Waals surface area contributed by atoms with Gasteiger partial charge in [0.05, 0.1) is 0 Å². The van der Waals surface area contributed by atoms with Crippen LogP contribution in [-0.4, -0.2) is 10.5 Å². The van der Waals surface area contributed by atoms with E-state index < -0.39 is 10.8 Å². The summed E-state index contributed by atoms with van der Waals surface area (Å²) in [7, 11) is -0.906. The molecule has 2 rings (SSSR count). The van der Waals surface area contributed by atoms with Gasteiger partial charge >= 0.3 is 0 Å². The van der Waals surface area contributed by atoms with Crippen LogP contribution >= 0.6 is 11.3 Å². The first-order valence-electron chi connectivity index (χ1n) is 7.61. The number of thiophene rings is 1. The minimum Gasteiger partial charge on any atom is -0.306 e. The van der Waals surface area contributed by atoms with Crippen LogP contribution in [0.15, 0.2) is 35.2 Å². The normalized spacial score (nSPS) is 14.3. The zero-order valence-corrected chi connectivity index (χ0v) is 15.6. The maximum atomic E-state index is 11.4. The Morgan fingerprint density at radius 3 is 2.27 bits per heavy atom. The third-order valence-electron chi connectivity index (χ3n) is 3.86. The summed E-state index contributed by atoms with van der Waals surface area (Å²) in [5.41, 5.74) is 2.65. The lowest BCUT2D eigenvalue weighted by Crippen LogP contribution is -2.25. The second kappa shape index (κ2) is 7.53. The Kier molecular flexibility index (Phi) is 5.95. The van der Waals surface area contributed by atoms with Gasteiger partial charge in [-0.3, -0.25) is 4.21 Å². The number of rotatable bonds is 6. The molecule has 0 aliphatic rings. The highest BCUT2D eigenvalue weighted by molar-refractivity contribution is 7.84. The van der Waals surface area contributed by atoms with E-state index in [9.17, 15) is 4.21 Å². The van der Waals surface area contributed by atoms with Crippen LogP contribution in [0.3, 0.4) is 0 Å². The molecule has 22 heavy (non-hydrogen) atoms. The molecule has 0 spiro atoms. The predicted octanol–water partition coefficient (Wildman–Crippen LogP) is 4.59. The van der Waals surface area contributed by atoms with Crippen molar-refractivity contribution in [3.8, 4) is 0 Å². The average molecular weight is 336 g/mol. The van der Waals surface area contributed by atoms with Crippen molar-refractivity contribution in [2.45, 2.75) is 45.2 Å². The molecule has 1 aromatic heterocycles. The van der Waals surface area contributed by atoms with Crippen LogP contribution in [0.2, 0.25) is 0 Å². The van der Waals surface area contributed by atoms with Gasteiger partial charge in [0.15, 0.2) is 0 Å². The van der Waals surface area contributed by atoms with Gasteiger partial charge in [-0.05, 0) is 49.1 Å². The van der Waals surface area contributed by atoms with Crippen LogP contribution in [0.5, 0.6) is 0 Å². The Hall–Kier alpha value is -0.970. The zero-order valence-electron chi connectivity index (χ0n) is 14.0. The molecule has 120 valence electrons. The van der Waals surface area contributed by atoms with E-state index >= 15 is 0 Å². The fraction of sp³-hybridized carbons (Fsp3) is 0.444. The van der Waals surface area contributed by atoms with E-state index in [1.54, 1.807) is 6.26 Å². The molecule has 2 nitrogen and oxygen atoms in total. The van der Waals surface area contributed by atoms with Gasteiger partial charge in [-0.2, -0.15) is 0 Å². The Balaban J connectivity index is 2.09. The Morgan fingerprint density at radius 2 is 1.82 bits per heavy atom. The first-order valence-corrected chi connectivity index (χ1v) is 9.98. The summed E-state index contributed by atoms with van der Waals surface area (Å²) < 4.78 is 11.4. The molecule has 0 saturated carbocycles. The molecule has 0 aliphatic carbocycles. The molecule has 4 heteroatoms. The van der Waals surface area contributed by atoms with Crippen molar-refractivity contribution in [2.75, 3.05) is 6.26 Å². The van der Waals surface area contributed by atoms with Gasteiger partial charge in [0.25, 0.3) is 0 Å². The fourth-order valence-corrected chi connectivity index (χ4v) is 4.18. The largest absolute Gasteiger partial charge is 0.306 e. The SMILES string of the molecule is Cc1cc(C(NCc2ccc(S(C)=O)cc2)C(C)C)c(C)s1. The van der Waals surface area contributed by atoms with Gasteiger partial charge in [-0.15, -0.1) is 11.3 Å². The second-order valence-electron chi connectivity index (χ2n) is 6.07. The lowest BCUT2D eigenvalue weighted by atomic mass is 9.96. The Bertz CT molecular complexity index is 644. The minimum atomic E-state index is -0.906. The lowest BCUT2D eigenvalue weighted by molar-refractivity contribution is 0.410. The number of nitrogens with one attached hydrogen (secondary N) is 1. The van der Waals surface area contributed by atoms with E-state index in [-0.39, 0.29) is 0 Å². The monoisotopic (exact) mass is 335 g/mol. The molecule has 0 amide bonds. The van der Waals surface area contributed by atoms with Crippen LogP contribution in [0, 0.1) is 19.8 Å². The molecule has 1 heterocycles. The summed E-state index contributed by atoms with van der Waals surface area (Å²) in [6.07, 6.45) is 1.71. The molecule has 2 unspecified atom stereocenters. The van der Waals surface area contributed by atoms with Crippen LogP contribution in [-0.2, 0) is 17.3 Å². The van der Waals surface area contributed by atoms with E-state index in [0.29, 0.717) is 12.0 Å². The summed E-state index contributed by atoms with van der Waals surface area (Å²) >= 11 is 1.87. The molecule has 2 atom stereocenters. The first-order chi connectivity index (χ1) is 10.4. The van der Waals surface area contributed by atoms with E-state index in [1.165, 1.54) is 20.9 Å². The maximum Gasteiger partial charge on any atom is 0.0498 e. The smallest absolute Gasteiger partial charge is 0.0498 e. The molecule has 0 bridgehead atoms. The standard InChI is InChI=1S/C18H25NOS2/c1-12(2)18(17-10-13(3)21-14(17)4)19-11-15-6-8-16(9-7-15)22(5)20/h6-10,12,18-19H,11H2,1-5H3. The molecule has 2 aromatic rings. The number of benzene rings is 1. The Labute approximate surface area is 140 Å². The Morgan fingerprint density at radius 1 is 1.18 bits per heavy atom. The summed E-state index contributed by atoms with van der Waals surface area (Å²) in [6.45, 7) is 9.71. The molecule has 0 fully saturated rings. The molecule has 0 saturated heterocycles. The van der Waals surface area contributed by atoms with Crippen molar-refractivity contribution in [2.24, 2.45) is 5.92 Å².